The number of hydrogen-bond donors (Lipinski definition) is 3. The van der Waals surface area contributed by atoms with Crippen LogP contribution in [0.5, 0.6) is 0 Å². The smallest absolute Gasteiger partial charge is 0.322 e. The standard InChI is InChI=1S/C35H41ClN8O2/c1-4-34(45)41-31-19-29(14-15-32(31)43-18-17-42(3)24(2)23-43)44(35(46)39-22-26-7-5-6-8-30(26)36)28-12-10-27(11-13-28)40-33-16-9-25(20-37)21-38-33/h4-9,14-16,19,21,24,27-28H,1,10-13,17-18,22-23H2,2-3H3,(H,38,40)(H,39,46)(H,41,45). The van der Waals surface area contributed by atoms with Crippen LogP contribution in [0.25, 0.3) is 0 Å². The SMILES string of the molecule is C=CC(=O)Nc1cc(N(C(=O)NCc2ccccc2Cl)C2CCC(Nc3ccc(C#N)cn3)CC2)ccc1N1CCN(C)C(C)C1. The van der Waals surface area contributed by atoms with Crippen molar-refractivity contribution in [2.45, 2.75) is 57.3 Å². The largest absolute Gasteiger partial charge is 0.367 e. The zero-order chi connectivity index (χ0) is 32.6. The summed E-state index contributed by atoms with van der Waals surface area (Å²) in [6.07, 6.45) is 6.01. The number of nitrogens with zero attached hydrogens (tertiary/aromatic N) is 5. The molecule has 46 heavy (non-hydrogen) atoms. The molecule has 2 aromatic carbocycles. The van der Waals surface area contributed by atoms with Crippen LogP contribution in [0.4, 0.5) is 27.7 Å². The van der Waals surface area contributed by atoms with Crippen LogP contribution in [0.2, 0.25) is 5.02 Å². The van der Waals surface area contributed by atoms with Gasteiger partial charge >= 0.3 is 6.03 Å². The van der Waals surface area contributed by atoms with Crippen LogP contribution < -0.4 is 25.8 Å². The summed E-state index contributed by atoms with van der Waals surface area (Å²) in [7, 11) is 2.12. The molecule has 0 radical (unpaired) electrons. The van der Waals surface area contributed by atoms with E-state index in [9.17, 15) is 9.59 Å². The van der Waals surface area contributed by atoms with Crippen LogP contribution in [0.3, 0.4) is 0 Å². The molecule has 5 rings (SSSR count). The zero-order valence-electron chi connectivity index (χ0n) is 26.4. The molecule has 11 heteroatoms. The van der Waals surface area contributed by atoms with E-state index in [2.05, 4.69) is 57.4 Å². The normalized spacial score (nSPS) is 19.9. The summed E-state index contributed by atoms with van der Waals surface area (Å²) in [5.41, 5.74) is 3.61. The van der Waals surface area contributed by atoms with Gasteiger partial charge in [-0.2, -0.15) is 5.26 Å². The maximum absolute atomic E-state index is 14.0. The molecule has 1 unspecified atom stereocenters. The van der Waals surface area contributed by atoms with Gasteiger partial charge in [0.2, 0.25) is 5.91 Å². The van der Waals surface area contributed by atoms with Crippen LogP contribution in [0.1, 0.15) is 43.7 Å². The second-order valence-corrected chi connectivity index (χ2v) is 12.4. The van der Waals surface area contributed by atoms with Gasteiger partial charge in [-0.15, -0.1) is 0 Å². The van der Waals surface area contributed by atoms with Crippen LogP contribution in [-0.2, 0) is 11.3 Å². The molecule has 1 saturated heterocycles. The van der Waals surface area contributed by atoms with Gasteiger partial charge in [-0.1, -0.05) is 36.4 Å². The number of carbonyl (C=O) groups is 2. The average molecular weight is 641 g/mol. The van der Waals surface area contributed by atoms with Crippen molar-refractivity contribution < 1.29 is 9.59 Å². The molecule has 3 amide bonds. The highest BCUT2D eigenvalue weighted by Gasteiger charge is 2.31. The monoisotopic (exact) mass is 640 g/mol. The van der Waals surface area contributed by atoms with E-state index in [0.717, 1.165) is 62.4 Å². The van der Waals surface area contributed by atoms with E-state index in [0.29, 0.717) is 28.0 Å². The third kappa shape index (κ3) is 7.97. The quantitative estimate of drug-likeness (QED) is 0.245. The van der Waals surface area contributed by atoms with Crippen LogP contribution in [-0.4, -0.2) is 66.6 Å². The number of pyridine rings is 1. The van der Waals surface area contributed by atoms with E-state index in [1.807, 2.05) is 53.4 Å². The van der Waals surface area contributed by atoms with Gasteiger partial charge in [0.05, 0.1) is 16.9 Å². The number of benzene rings is 2. The molecule has 3 N–H and O–H groups in total. The second kappa shape index (κ2) is 15.1. The number of likely N-dealkylation sites (N-methyl/N-ethyl adjacent to an activating group) is 1. The molecule has 240 valence electrons. The van der Waals surface area contributed by atoms with Gasteiger partial charge in [-0.25, -0.2) is 9.78 Å². The van der Waals surface area contributed by atoms with Gasteiger partial charge in [-0.05, 0) is 87.7 Å². The second-order valence-electron chi connectivity index (χ2n) is 12.0. The van der Waals surface area contributed by atoms with E-state index in [1.54, 1.807) is 12.3 Å². The lowest BCUT2D eigenvalue weighted by molar-refractivity contribution is -0.111. The maximum Gasteiger partial charge on any atom is 0.322 e. The summed E-state index contributed by atoms with van der Waals surface area (Å²) >= 11 is 6.40. The number of nitriles is 1. The van der Waals surface area contributed by atoms with Crippen LogP contribution in [0, 0.1) is 11.3 Å². The Morgan fingerprint density at radius 2 is 1.91 bits per heavy atom. The minimum absolute atomic E-state index is 0.0734. The molecular weight excluding hydrogens is 600 g/mol. The van der Waals surface area contributed by atoms with Gasteiger partial charge in [0, 0.05) is 61.2 Å². The van der Waals surface area contributed by atoms with Gasteiger partial charge in [-0.3, -0.25) is 9.69 Å². The first-order chi connectivity index (χ1) is 22.2. The van der Waals surface area contributed by atoms with Crippen molar-refractivity contribution in [2.75, 3.05) is 47.1 Å². The van der Waals surface area contributed by atoms with E-state index in [4.69, 9.17) is 16.9 Å². The van der Waals surface area contributed by atoms with Crippen molar-refractivity contribution in [3.05, 3.63) is 89.6 Å². The molecule has 10 nitrogen and oxygen atoms in total. The van der Waals surface area contributed by atoms with Gasteiger partial charge < -0.3 is 25.8 Å². The molecule has 3 aromatic rings. The Bertz CT molecular complexity index is 1580. The molecule has 0 spiro atoms. The summed E-state index contributed by atoms with van der Waals surface area (Å²) in [5, 5.41) is 19.2. The number of carbonyl (C=O) groups excluding carboxylic acids is 2. The number of rotatable bonds is 9. The lowest BCUT2D eigenvalue weighted by atomic mass is 9.89. The third-order valence-electron chi connectivity index (χ3n) is 8.92. The lowest BCUT2D eigenvalue weighted by Gasteiger charge is -2.40. The van der Waals surface area contributed by atoms with Gasteiger partial charge in [0.1, 0.15) is 11.9 Å². The van der Waals surface area contributed by atoms with Gasteiger partial charge in [0.25, 0.3) is 0 Å². The fourth-order valence-corrected chi connectivity index (χ4v) is 6.33. The average Bonchev–Trinajstić information content (AvgIpc) is 3.07. The minimum Gasteiger partial charge on any atom is -0.367 e. The van der Waals surface area contributed by atoms with E-state index in [1.165, 1.54) is 6.08 Å². The molecule has 2 fully saturated rings. The molecule has 1 aliphatic heterocycles. The molecule has 1 saturated carbocycles. The summed E-state index contributed by atoms with van der Waals surface area (Å²) in [6.45, 7) is 8.67. The summed E-state index contributed by atoms with van der Waals surface area (Å²) in [5.74, 6) is 0.423. The molecule has 2 aliphatic rings. The molecule has 1 aromatic heterocycles. The highest BCUT2D eigenvalue weighted by molar-refractivity contribution is 6.31. The molecule has 1 atom stereocenters. The number of nitrogens with one attached hydrogen (secondary N) is 3. The molecular formula is C35H41ClN8O2. The highest BCUT2D eigenvalue weighted by atomic mass is 35.5. The first-order valence-corrected chi connectivity index (χ1v) is 16.1. The third-order valence-corrected chi connectivity index (χ3v) is 9.28. The van der Waals surface area contributed by atoms with Crippen molar-refractivity contribution in [1.29, 1.82) is 5.26 Å². The maximum atomic E-state index is 14.0. The number of amides is 3. The summed E-state index contributed by atoms with van der Waals surface area (Å²) in [4.78, 5) is 37.4. The minimum atomic E-state index is -0.307. The zero-order valence-corrected chi connectivity index (χ0v) is 27.1. The topological polar surface area (TPSA) is 117 Å². The predicted octanol–water partition coefficient (Wildman–Crippen LogP) is 6.01. The lowest BCUT2D eigenvalue weighted by Crippen LogP contribution is -2.50. The Balaban J connectivity index is 1.40. The van der Waals surface area contributed by atoms with E-state index < -0.39 is 0 Å². The van der Waals surface area contributed by atoms with E-state index in [-0.39, 0.29) is 30.6 Å². The Morgan fingerprint density at radius 1 is 1.13 bits per heavy atom. The van der Waals surface area contributed by atoms with Crippen molar-refractivity contribution in [3.63, 3.8) is 0 Å². The Labute approximate surface area is 276 Å². The number of piperazine rings is 1. The summed E-state index contributed by atoms with van der Waals surface area (Å²) in [6, 6.07) is 19.3. The van der Waals surface area contributed by atoms with Crippen molar-refractivity contribution in [3.8, 4) is 6.07 Å². The first kappa shape index (κ1) is 32.8. The Kier molecular flexibility index (Phi) is 10.8. The highest BCUT2D eigenvalue weighted by Crippen LogP contribution is 2.36. The van der Waals surface area contributed by atoms with Gasteiger partial charge in [0.15, 0.2) is 0 Å². The number of urea groups is 1. The summed E-state index contributed by atoms with van der Waals surface area (Å²) < 4.78 is 0. The predicted molar refractivity (Wildman–Crippen MR) is 184 cm³/mol. The first-order valence-electron chi connectivity index (χ1n) is 15.7. The number of hydrogen-bond acceptors (Lipinski definition) is 7. The van der Waals surface area contributed by atoms with Crippen LogP contribution >= 0.6 is 11.6 Å². The fourth-order valence-electron chi connectivity index (χ4n) is 6.13. The molecule has 1 aliphatic carbocycles. The van der Waals surface area contributed by atoms with Crippen molar-refractivity contribution in [2.24, 2.45) is 0 Å². The van der Waals surface area contributed by atoms with Crippen molar-refractivity contribution in [1.82, 2.24) is 15.2 Å². The number of aromatic nitrogens is 1. The fraction of sp³-hybridized carbons (Fsp3) is 0.371. The van der Waals surface area contributed by atoms with Crippen molar-refractivity contribution >= 4 is 46.4 Å². The van der Waals surface area contributed by atoms with E-state index >= 15 is 0 Å². The molecule has 2 heterocycles. The van der Waals surface area contributed by atoms with Crippen LogP contribution in [0.15, 0.2) is 73.4 Å². The Hall–Kier alpha value is -4.59. The number of halogens is 1. The number of anilines is 4. The Morgan fingerprint density at radius 3 is 2.59 bits per heavy atom. The molecule has 0 bridgehead atoms.